The maximum absolute atomic E-state index is 5.92. The Hall–Kier alpha value is -1.66. The lowest BCUT2D eigenvalue weighted by atomic mass is 9.96. The second-order valence-corrected chi connectivity index (χ2v) is 7.44. The molecule has 0 saturated carbocycles. The van der Waals surface area contributed by atoms with E-state index in [1.54, 1.807) is 0 Å². The van der Waals surface area contributed by atoms with Gasteiger partial charge in [-0.05, 0) is 58.6 Å². The summed E-state index contributed by atoms with van der Waals surface area (Å²) in [7, 11) is 6.22. The van der Waals surface area contributed by atoms with Gasteiger partial charge in [0.1, 0.15) is 23.2 Å². The maximum atomic E-state index is 5.92. The van der Waals surface area contributed by atoms with Crippen molar-refractivity contribution in [1.29, 1.82) is 0 Å². The number of furan rings is 1. The van der Waals surface area contributed by atoms with Crippen LogP contribution in [0.25, 0.3) is 0 Å². The number of aromatic nitrogens is 3. The molecular formula is C19H31N5O. The van der Waals surface area contributed by atoms with Crippen molar-refractivity contribution in [2.24, 2.45) is 7.05 Å². The van der Waals surface area contributed by atoms with Gasteiger partial charge in [0.15, 0.2) is 0 Å². The summed E-state index contributed by atoms with van der Waals surface area (Å²) in [4.78, 5) is 4.62. The van der Waals surface area contributed by atoms with Crippen LogP contribution in [0, 0.1) is 0 Å². The lowest BCUT2D eigenvalue weighted by Crippen LogP contribution is -2.33. The zero-order chi connectivity index (χ0) is 17.8. The van der Waals surface area contributed by atoms with E-state index in [0.29, 0.717) is 5.92 Å². The second kappa shape index (κ2) is 8.15. The fourth-order valence-electron chi connectivity index (χ4n) is 3.61. The van der Waals surface area contributed by atoms with Crippen molar-refractivity contribution in [3.63, 3.8) is 0 Å². The van der Waals surface area contributed by atoms with Gasteiger partial charge < -0.3 is 13.9 Å². The van der Waals surface area contributed by atoms with Gasteiger partial charge in [-0.1, -0.05) is 6.92 Å². The minimum atomic E-state index is 0.511. The van der Waals surface area contributed by atoms with Crippen LogP contribution in [0.3, 0.4) is 0 Å². The monoisotopic (exact) mass is 345 g/mol. The number of hydrogen-bond acceptors (Lipinski definition) is 5. The Kier molecular flexibility index (Phi) is 5.91. The van der Waals surface area contributed by atoms with E-state index in [9.17, 15) is 0 Å². The highest BCUT2D eigenvalue weighted by Crippen LogP contribution is 2.28. The van der Waals surface area contributed by atoms with Crippen LogP contribution in [-0.4, -0.2) is 51.7 Å². The van der Waals surface area contributed by atoms with Crippen LogP contribution in [-0.2, 0) is 26.6 Å². The third kappa shape index (κ3) is 4.50. The topological polar surface area (TPSA) is 50.3 Å². The van der Waals surface area contributed by atoms with Gasteiger partial charge >= 0.3 is 0 Å². The summed E-state index contributed by atoms with van der Waals surface area (Å²) < 4.78 is 8.11. The Bertz CT molecular complexity index is 667. The zero-order valence-corrected chi connectivity index (χ0v) is 16.0. The largest absolute Gasteiger partial charge is 0.465 e. The summed E-state index contributed by atoms with van der Waals surface area (Å²) in [5, 5.41) is 8.86. The molecule has 0 spiro atoms. The average Bonchev–Trinajstić information content (AvgIpc) is 3.16. The molecule has 0 bridgehead atoms. The van der Waals surface area contributed by atoms with Crippen molar-refractivity contribution in [3.8, 4) is 0 Å². The Balaban J connectivity index is 1.54. The van der Waals surface area contributed by atoms with E-state index in [2.05, 4.69) is 64.8 Å². The fraction of sp³-hybridized carbons (Fsp3) is 0.684. The minimum Gasteiger partial charge on any atom is -0.465 e. The molecule has 1 fully saturated rings. The van der Waals surface area contributed by atoms with Crippen molar-refractivity contribution >= 4 is 0 Å². The minimum absolute atomic E-state index is 0.511. The number of piperidine rings is 1. The lowest BCUT2D eigenvalue weighted by Gasteiger charge is -2.30. The molecule has 6 heteroatoms. The Morgan fingerprint density at radius 1 is 1.16 bits per heavy atom. The molecule has 0 radical (unpaired) electrons. The van der Waals surface area contributed by atoms with Crippen LogP contribution < -0.4 is 0 Å². The Morgan fingerprint density at radius 3 is 2.56 bits per heavy atom. The first kappa shape index (κ1) is 18.1. The van der Waals surface area contributed by atoms with E-state index in [0.717, 1.165) is 75.0 Å². The lowest BCUT2D eigenvalue weighted by molar-refractivity contribution is 0.186. The van der Waals surface area contributed by atoms with Gasteiger partial charge in [0.2, 0.25) is 0 Å². The van der Waals surface area contributed by atoms with Gasteiger partial charge in [0.05, 0.1) is 13.1 Å². The van der Waals surface area contributed by atoms with Crippen LogP contribution in [0.15, 0.2) is 16.5 Å². The van der Waals surface area contributed by atoms with E-state index < -0.39 is 0 Å². The summed E-state index contributed by atoms with van der Waals surface area (Å²) in [6.45, 7) is 6.11. The van der Waals surface area contributed by atoms with Crippen molar-refractivity contribution < 1.29 is 4.42 Å². The Labute approximate surface area is 150 Å². The molecule has 3 heterocycles. The molecule has 0 amide bonds. The molecule has 138 valence electrons. The first-order chi connectivity index (χ1) is 12.1. The standard InChI is InChI=1S/C19H31N5O/c1-5-6-16-7-8-17(25-16)13-24-11-9-15(10-12-24)19-21-20-18(23(19)4)14-22(2)3/h7-8,15H,5-6,9-14H2,1-4H3. The van der Waals surface area contributed by atoms with E-state index in [1.165, 1.54) is 0 Å². The van der Waals surface area contributed by atoms with Gasteiger partial charge in [0.25, 0.3) is 0 Å². The molecule has 6 nitrogen and oxygen atoms in total. The first-order valence-corrected chi connectivity index (χ1v) is 9.39. The summed E-state index contributed by atoms with van der Waals surface area (Å²) >= 11 is 0. The zero-order valence-electron chi connectivity index (χ0n) is 16.0. The summed E-state index contributed by atoms with van der Waals surface area (Å²) in [5.74, 6) is 4.90. The SMILES string of the molecule is CCCc1ccc(CN2CCC(c3nnc(CN(C)C)n3C)CC2)o1. The Morgan fingerprint density at radius 2 is 1.88 bits per heavy atom. The van der Waals surface area contributed by atoms with E-state index in [4.69, 9.17) is 4.42 Å². The predicted molar refractivity (Wildman–Crippen MR) is 98.3 cm³/mol. The third-order valence-electron chi connectivity index (χ3n) is 5.00. The molecular weight excluding hydrogens is 314 g/mol. The molecule has 0 aromatic carbocycles. The van der Waals surface area contributed by atoms with E-state index in [1.807, 2.05) is 0 Å². The van der Waals surface area contributed by atoms with E-state index in [-0.39, 0.29) is 0 Å². The second-order valence-electron chi connectivity index (χ2n) is 7.44. The summed E-state index contributed by atoms with van der Waals surface area (Å²) in [6, 6.07) is 4.25. The molecule has 3 rings (SSSR count). The van der Waals surface area contributed by atoms with Gasteiger partial charge in [-0.25, -0.2) is 0 Å². The van der Waals surface area contributed by atoms with Crippen LogP contribution >= 0.6 is 0 Å². The summed E-state index contributed by atoms with van der Waals surface area (Å²) in [6.07, 6.45) is 4.43. The normalized spacial score (nSPS) is 16.8. The number of likely N-dealkylation sites (tertiary alicyclic amines) is 1. The number of nitrogens with zero attached hydrogens (tertiary/aromatic N) is 5. The van der Waals surface area contributed by atoms with E-state index >= 15 is 0 Å². The number of hydrogen-bond donors (Lipinski definition) is 0. The maximum Gasteiger partial charge on any atom is 0.146 e. The van der Waals surface area contributed by atoms with Crippen LogP contribution in [0.5, 0.6) is 0 Å². The van der Waals surface area contributed by atoms with Crippen LogP contribution in [0.1, 0.15) is 55.3 Å². The number of aryl methyl sites for hydroxylation is 1. The number of rotatable bonds is 7. The molecule has 2 aromatic rings. The highest BCUT2D eigenvalue weighted by molar-refractivity contribution is 5.08. The molecule has 1 aliphatic rings. The van der Waals surface area contributed by atoms with Gasteiger partial charge in [-0.2, -0.15) is 0 Å². The summed E-state index contributed by atoms with van der Waals surface area (Å²) in [5.41, 5.74) is 0. The first-order valence-electron chi connectivity index (χ1n) is 9.39. The average molecular weight is 345 g/mol. The van der Waals surface area contributed by atoms with Crippen molar-refractivity contribution in [1.82, 2.24) is 24.6 Å². The highest BCUT2D eigenvalue weighted by atomic mass is 16.3. The van der Waals surface area contributed by atoms with Crippen LogP contribution in [0.4, 0.5) is 0 Å². The molecule has 1 aliphatic heterocycles. The smallest absolute Gasteiger partial charge is 0.146 e. The molecule has 0 unspecified atom stereocenters. The molecule has 0 N–H and O–H groups in total. The van der Waals surface area contributed by atoms with Gasteiger partial charge in [-0.3, -0.25) is 4.90 Å². The van der Waals surface area contributed by atoms with Crippen LogP contribution in [0.2, 0.25) is 0 Å². The van der Waals surface area contributed by atoms with Gasteiger partial charge in [0, 0.05) is 19.4 Å². The predicted octanol–water partition coefficient (Wildman–Crippen LogP) is 2.80. The fourth-order valence-corrected chi connectivity index (χ4v) is 3.61. The quantitative estimate of drug-likeness (QED) is 0.772. The van der Waals surface area contributed by atoms with Crippen molar-refractivity contribution in [2.75, 3.05) is 27.2 Å². The molecule has 1 saturated heterocycles. The highest BCUT2D eigenvalue weighted by Gasteiger charge is 2.25. The third-order valence-corrected chi connectivity index (χ3v) is 5.00. The molecule has 25 heavy (non-hydrogen) atoms. The van der Waals surface area contributed by atoms with Crippen molar-refractivity contribution in [2.45, 2.75) is 51.6 Å². The van der Waals surface area contributed by atoms with Crippen molar-refractivity contribution in [3.05, 3.63) is 35.3 Å². The molecule has 2 aromatic heterocycles. The van der Waals surface area contributed by atoms with Gasteiger partial charge in [-0.15, -0.1) is 10.2 Å². The molecule has 0 aliphatic carbocycles. The molecule has 0 atom stereocenters.